The molecule has 0 bridgehead atoms. The number of nitrogens with one attached hydrogen (secondary N) is 1. The van der Waals surface area contributed by atoms with Gasteiger partial charge in [-0.2, -0.15) is 0 Å². The molecule has 0 unspecified atom stereocenters. The number of hydrogen-bond donors (Lipinski definition) is 1. The van der Waals surface area contributed by atoms with E-state index in [1.165, 1.54) is 11.1 Å². The number of rotatable bonds is 8. The summed E-state index contributed by atoms with van der Waals surface area (Å²) in [5, 5.41) is 3.57. The van der Waals surface area contributed by atoms with Crippen LogP contribution in [0.3, 0.4) is 0 Å². The highest BCUT2D eigenvalue weighted by atomic mass is 16.5. The molecule has 0 saturated carbocycles. The maximum atomic E-state index is 5.47. The molecular weight excluding hydrogens is 338 g/mol. The van der Waals surface area contributed by atoms with Crippen LogP contribution in [0, 0.1) is 0 Å². The maximum absolute atomic E-state index is 5.47. The predicted molar refractivity (Wildman–Crippen MR) is 109 cm³/mol. The van der Waals surface area contributed by atoms with Gasteiger partial charge in [-0.3, -0.25) is 4.90 Å². The molecule has 3 rings (SSSR count). The lowest BCUT2D eigenvalue weighted by molar-refractivity contribution is 0.148. The van der Waals surface area contributed by atoms with Crippen molar-refractivity contribution < 1.29 is 9.47 Å². The molecule has 0 radical (unpaired) electrons. The quantitative estimate of drug-likeness (QED) is 0.774. The monoisotopic (exact) mass is 369 g/mol. The molecule has 146 valence electrons. The Morgan fingerprint density at radius 2 is 1.56 bits per heavy atom. The summed E-state index contributed by atoms with van der Waals surface area (Å²) in [6, 6.07) is 14.6. The van der Waals surface area contributed by atoms with Gasteiger partial charge in [-0.1, -0.05) is 24.3 Å². The van der Waals surface area contributed by atoms with E-state index in [1.54, 1.807) is 14.2 Å². The van der Waals surface area contributed by atoms with Crippen molar-refractivity contribution in [3.63, 3.8) is 0 Å². The first-order valence-electron chi connectivity index (χ1n) is 9.59. The highest BCUT2D eigenvalue weighted by Gasteiger charge is 2.15. The van der Waals surface area contributed by atoms with Crippen LogP contribution in [0.25, 0.3) is 0 Å². The van der Waals surface area contributed by atoms with E-state index in [0.717, 1.165) is 62.9 Å². The van der Waals surface area contributed by atoms with Crippen molar-refractivity contribution in [1.82, 2.24) is 15.1 Å². The van der Waals surface area contributed by atoms with Crippen LogP contribution in [-0.2, 0) is 19.6 Å². The average Bonchev–Trinajstić information content (AvgIpc) is 2.71. The lowest BCUT2D eigenvalue weighted by Crippen LogP contribution is -2.44. The van der Waals surface area contributed by atoms with Crippen molar-refractivity contribution in [3.05, 3.63) is 59.2 Å². The molecule has 0 amide bonds. The number of benzene rings is 2. The van der Waals surface area contributed by atoms with Crippen LogP contribution in [0.15, 0.2) is 42.5 Å². The van der Waals surface area contributed by atoms with E-state index in [2.05, 4.69) is 46.4 Å². The fourth-order valence-electron chi connectivity index (χ4n) is 3.48. The largest absolute Gasteiger partial charge is 0.497 e. The van der Waals surface area contributed by atoms with Crippen LogP contribution >= 0.6 is 0 Å². The van der Waals surface area contributed by atoms with Crippen molar-refractivity contribution in [2.45, 2.75) is 19.6 Å². The Balaban J connectivity index is 1.60. The van der Waals surface area contributed by atoms with Crippen LogP contribution in [0.2, 0.25) is 0 Å². The molecule has 2 aromatic rings. The number of nitrogens with zero attached hydrogens (tertiary/aromatic N) is 2. The van der Waals surface area contributed by atoms with Gasteiger partial charge in [0.05, 0.1) is 14.2 Å². The van der Waals surface area contributed by atoms with Gasteiger partial charge in [-0.25, -0.2) is 0 Å². The van der Waals surface area contributed by atoms with Crippen LogP contribution in [-0.4, -0.2) is 57.2 Å². The molecule has 0 spiro atoms. The van der Waals surface area contributed by atoms with Gasteiger partial charge >= 0.3 is 0 Å². The van der Waals surface area contributed by atoms with Gasteiger partial charge in [-0.05, 0) is 36.4 Å². The van der Waals surface area contributed by atoms with E-state index in [1.807, 2.05) is 18.2 Å². The van der Waals surface area contributed by atoms with E-state index in [0.29, 0.717) is 0 Å². The lowest BCUT2D eigenvalue weighted by atomic mass is 10.1. The van der Waals surface area contributed by atoms with Crippen LogP contribution < -0.4 is 14.8 Å². The Kier molecular flexibility index (Phi) is 7.10. The van der Waals surface area contributed by atoms with Gasteiger partial charge in [0, 0.05) is 51.4 Å². The molecule has 1 saturated heterocycles. The van der Waals surface area contributed by atoms with E-state index in [9.17, 15) is 0 Å². The first kappa shape index (κ1) is 19.7. The van der Waals surface area contributed by atoms with E-state index >= 15 is 0 Å². The van der Waals surface area contributed by atoms with Gasteiger partial charge in [0.15, 0.2) is 0 Å². The van der Waals surface area contributed by atoms with Crippen molar-refractivity contribution >= 4 is 0 Å². The Morgan fingerprint density at radius 3 is 2.26 bits per heavy atom. The molecule has 1 heterocycles. The summed E-state index contributed by atoms with van der Waals surface area (Å²) < 4.78 is 10.8. The van der Waals surface area contributed by atoms with Crippen LogP contribution in [0.5, 0.6) is 11.5 Å². The molecule has 0 aromatic heterocycles. The summed E-state index contributed by atoms with van der Waals surface area (Å²) in [5.41, 5.74) is 3.87. The summed E-state index contributed by atoms with van der Waals surface area (Å²) in [6.45, 7) is 7.17. The van der Waals surface area contributed by atoms with E-state index in [-0.39, 0.29) is 0 Å². The lowest BCUT2D eigenvalue weighted by Gasteiger charge is -2.32. The second-order valence-electron chi connectivity index (χ2n) is 7.13. The summed E-state index contributed by atoms with van der Waals surface area (Å²) in [7, 11) is 5.59. The minimum Gasteiger partial charge on any atom is -0.497 e. The smallest absolute Gasteiger partial charge is 0.123 e. The topological polar surface area (TPSA) is 37.0 Å². The Bertz CT molecular complexity index is 727. The first-order valence-corrected chi connectivity index (χ1v) is 9.59. The average molecular weight is 370 g/mol. The van der Waals surface area contributed by atoms with Crippen LogP contribution in [0.1, 0.15) is 16.7 Å². The minimum atomic E-state index is 0.739. The van der Waals surface area contributed by atoms with Gasteiger partial charge in [0.1, 0.15) is 11.5 Å². The zero-order valence-corrected chi connectivity index (χ0v) is 16.7. The number of hydrogen-bond acceptors (Lipinski definition) is 5. The molecule has 0 aliphatic carbocycles. The Morgan fingerprint density at radius 1 is 0.852 bits per heavy atom. The van der Waals surface area contributed by atoms with Gasteiger partial charge in [0.25, 0.3) is 0 Å². The molecule has 2 aromatic carbocycles. The zero-order valence-electron chi connectivity index (χ0n) is 16.7. The minimum absolute atomic E-state index is 0.739. The molecule has 1 fully saturated rings. The Labute approximate surface area is 162 Å². The van der Waals surface area contributed by atoms with Crippen molar-refractivity contribution in [3.8, 4) is 11.5 Å². The highest BCUT2D eigenvalue weighted by molar-refractivity contribution is 5.40. The molecule has 1 aliphatic heterocycles. The summed E-state index contributed by atoms with van der Waals surface area (Å²) in [5.74, 6) is 1.73. The standard InChI is InChI=1S/C22H31N3O2/c1-24-10-12-25(13-11-24)17-19-7-5-4-6-18(19)15-23-16-20-14-21(26-2)8-9-22(20)27-3/h4-9,14,23H,10-13,15-17H2,1-3H3. The van der Waals surface area contributed by atoms with Gasteiger partial charge in [-0.15, -0.1) is 0 Å². The fraction of sp³-hybridized carbons (Fsp3) is 0.455. The molecule has 1 aliphatic rings. The number of piperazine rings is 1. The first-order chi connectivity index (χ1) is 13.2. The number of methoxy groups -OCH3 is 2. The summed E-state index contributed by atoms with van der Waals surface area (Å²) in [4.78, 5) is 4.94. The molecular formula is C22H31N3O2. The Hall–Kier alpha value is -2.08. The second kappa shape index (κ2) is 9.74. The van der Waals surface area contributed by atoms with Crippen LogP contribution in [0.4, 0.5) is 0 Å². The van der Waals surface area contributed by atoms with Crippen molar-refractivity contribution in [1.29, 1.82) is 0 Å². The normalized spacial score (nSPS) is 15.7. The molecule has 0 atom stereocenters. The third-order valence-electron chi connectivity index (χ3n) is 5.23. The number of ether oxygens (including phenoxy) is 2. The molecule has 27 heavy (non-hydrogen) atoms. The van der Waals surface area contributed by atoms with E-state index < -0.39 is 0 Å². The van der Waals surface area contributed by atoms with Gasteiger partial charge in [0.2, 0.25) is 0 Å². The fourth-order valence-corrected chi connectivity index (χ4v) is 3.48. The summed E-state index contributed by atoms with van der Waals surface area (Å²) in [6.07, 6.45) is 0. The molecule has 5 nitrogen and oxygen atoms in total. The van der Waals surface area contributed by atoms with Gasteiger partial charge < -0.3 is 19.7 Å². The van der Waals surface area contributed by atoms with Crippen molar-refractivity contribution in [2.24, 2.45) is 0 Å². The summed E-state index contributed by atoms with van der Waals surface area (Å²) >= 11 is 0. The molecule has 5 heteroatoms. The molecule has 1 N–H and O–H groups in total. The third kappa shape index (κ3) is 5.45. The van der Waals surface area contributed by atoms with E-state index in [4.69, 9.17) is 9.47 Å². The third-order valence-corrected chi connectivity index (χ3v) is 5.23. The zero-order chi connectivity index (χ0) is 19.1. The highest BCUT2D eigenvalue weighted by Crippen LogP contribution is 2.24. The number of likely N-dealkylation sites (N-methyl/N-ethyl adjacent to an activating group) is 1. The predicted octanol–water partition coefficient (Wildman–Crippen LogP) is 2.74. The maximum Gasteiger partial charge on any atom is 0.123 e. The SMILES string of the molecule is COc1ccc(OC)c(CNCc2ccccc2CN2CCN(C)CC2)c1. The van der Waals surface area contributed by atoms with Crippen molar-refractivity contribution in [2.75, 3.05) is 47.4 Å². The second-order valence-corrected chi connectivity index (χ2v) is 7.13.